The van der Waals surface area contributed by atoms with Crippen LogP contribution in [0.5, 0.6) is 5.75 Å². The number of aromatic nitrogens is 1. The van der Waals surface area contributed by atoms with Crippen LogP contribution in [0, 0.1) is 0 Å². The Balaban J connectivity index is 1.44. The van der Waals surface area contributed by atoms with Gasteiger partial charge in [-0.05, 0) is 47.2 Å². The summed E-state index contributed by atoms with van der Waals surface area (Å²) in [6.07, 6.45) is 2.87. The second kappa shape index (κ2) is 7.26. The Labute approximate surface area is 167 Å². The van der Waals surface area contributed by atoms with E-state index in [1.54, 1.807) is 16.8 Å². The highest BCUT2D eigenvalue weighted by molar-refractivity contribution is 7.19. The fourth-order valence-corrected chi connectivity index (χ4v) is 4.86. The van der Waals surface area contributed by atoms with Crippen molar-refractivity contribution in [3.8, 4) is 11.4 Å². The van der Waals surface area contributed by atoms with Crippen LogP contribution in [0.15, 0.2) is 71.7 Å². The molecule has 0 radical (unpaired) electrons. The van der Waals surface area contributed by atoms with Gasteiger partial charge in [0.1, 0.15) is 12.4 Å². The number of fused-ring (bicyclic) bond motifs is 3. The van der Waals surface area contributed by atoms with Crippen molar-refractivity contribution in [2.45, 2.75) is 19.6 Å². The number of hydrogen-bond donors (Lipinski definition) is 1. The molecule has 0 saturated heterocycles. The van der Waals surface area contributed by atoms with Crippen LogP contribution in [0.25, 0.3) is 15.8 Å². The lowest BCUT2D eigenvalue weighted by Crippen LogP contribution is -2.22. The Morgan fingerprint density at radius 3 is 2.82 bits per heavy atom. The molecule has 0 unspecified atom stereocenters. The Bertz CT molecular complexity index is 1190. The van der Waals surface area contributed by atoms with Crippen LogP contribution >= 0.6 is 11.3 Å². The third kappa shape index (κ3) is 3.23. The first-order valence-electron chi connectivity index (χ1n) is 9.43. The van der Waals surface area contributed by atoms with Gasteiger partial charge in [0.05, 0.1) is 0 Å². The molecule has 1 aliphatic rings. The molecule has 4 aromatic rings. The van der Waals surface area contributed by atoms with Crippen molar-refractivity contribution >= 4 is 21.4 Å². The van der Waals surface area contributed by atoms with Gasteiger partial charge in [-0.25, -0.2) is 0 Å². The normalized spacial score (nSPS) is 13.4. The van der Waals surface area contributed by atoms with E-state index >= 15 is 0 Å². The van der Waals surface area contributed by atoms with E-state index in [0.717, 1.165) is 30.8 Å². The summed E-state index contributed by atoms with van der Waals surface area (Å²) in [7, 11) is 0. The summed E-state index contributed by atoms with van der Waals surface area (Å²) in [5.74, 6) is 0.586. The predicted octanol–water partition coefficient (Wildman–Crippen LogP) is 4.28. The lowest BCUT2D eigenvalue weighted by Gasteiger charge is -2.13. The van der Waals surface area contributed by atoms with Crippen LogP contribution in [-0.2, 0) is 19.6 Å². The average molecular weight is 388 g/mol. The van der Waals surface area contributed by atoms with Gasteiger partial charge in [0, 0.05) is 40.6 Å². The molecule has 140 valence electrons. The van der Waals surface area contributed by atoms with Crippen molar-refractivity contribution in [2.75, 3.05) is 6.54 Å². The van der Waals surface area contributed by atoms with Crippen LogP contribution in [0.3, 0.4) is 0 Å². The molecule has 0 amide bonds. The van der Waals surface area contributed by atoms with E-state index in [4.69, 9.17) is 4.74 Å². The standard InChI is InChI=1S/C23H20N2O2S/c26-23-13-18(27-15-16-4-2-1-3-5-16)9-11-25(23)17-6-7-21-19(12-17)20-14-24-10-8-22(20)28-21/h1-7,9,11-13,24H,8,10,14-15H2. The molecule has 5 heteroatoms. The number of nitrogens with one attached hydrogen (secondary N) is 1. The van der Waals surface area contributed by atoms with Gasteiger partial charge in [0.25, 0.3) is 5.56 Å². The fourth-order valence-electron chi connectivity index (χ4n) is 3.65. The van der Waals surface area contributed by atoms with Gasteiger partial charge in [0.2, 0.25) is 0 Å². The molecule has 0 atom stereocenters. The molecule has 3 heterocycles. The van der Waals surface area contributed by atoms with Crippen molar-refractivity contribution in [1.29, 1.82) is 0 Å². The smallest absolute Gasteiger partial charge is 0.258 e. The second-order valence-electron chi connectivity index (χ2n) is 6.96. The minimum atomic E-state index is -0.0906. The molecule has 2 aromatic heterocycles. The van der Waals surface area contributed by atoms with Crippen molar-refractivity contribution < 1.29 is 4.74 Å². The van der Waals surface area contributed by atoms with Crippen LogP contribution in [0.1, 0.15) is 16.0 Å². The summed E-state index contributed by atoms with van der Waals surface area (Å²) in [5, 5.41) is 4.70. The highest BCUT2D eigenvalue weighted by Gasteiger charge is 2.16. The number of rotatable bonds is 4. The summed E-state index contributed by atoms with van der Waals surface area (Å²) < 4.78 is 8.74. The zero-order valence-electron chi connectivity index (χ0n) is 15.4. The lowest BCUT2D eigenvalue weighted by molar-refractivity contribution is 0.305. The summed E-state index contributed by atoms with van der Waals surface area (Å²) in [6.45, 7) is 2.39. The molecule has 0 fully saturated rings. The second-order valence-corrected chi connectivity index (χ2v) is 8.09. The molecule has 0 aliphatic carbocycles. The highest BCUT2D eigenvalue weighted by Crippen LogP contribution is 2.34. The quantitative estimate of drug-likeness (QED) is 0.568. The van der Waals surface area contributed by atoms with Crippen LogP contribution in [0.2, 0.25) is 0 Å². The maximum absolute atomic E-state index is 12.7. The number of ether oxygens (including phenoxy) is 1. The monoisotopic (exact) mass is 388 g/mol. The number of benzene rings is 2. The topological polar surface area (TPSA) is 43.3 Å². The zero-order chi connectivity index (χ0) is 18.9. The van der Waals surface area contributed by atoms with E-state index in [0.29, 0.717) is 12.4 Å². The van der Waals surface area contributed by atoms with E-state index in [-0.39, 0.29) is 5.56 Å². The van der Waals surface area contributed by atoms with E-state index in [1.807, 2.05) is 53.8 Å². The molecule has 5 rings (SSSR count). The molecule has 4 nitrogen and oxygen atoms in total. The van der Waals surface area contributed by atoms with E-state index in [2.05, 4.69) is 17.4 Å². The maximum Gasteiger partial charge on any atom is 0.258 e. The van der Waals surface area contributed by atoms with Gasteiger partial charge in [-0.2, -0.15) is 0 Å². The molecule has 0 bridgehead atoms. The molecule has 28 heavy (non-hydrogen) atoms. The van der Waals surface area contributed by atoms with Crippen LogP contribution in [-0.4, -0.2) is 11.1 Å². The van der Waals surface area contributed by atoms with Gasteiger partial charge in [-0.3, -0.25) is 9.36 Å². The Morgan fingerprint density at radius 1 is 1.07 bits per heavy atom. The first-order chi connectivity index (χ1) is 13.8. The van der Waals surface area contributed by atoms with Gasteiger partial charge in [-0.15, -0.1) is 11.3 Å². The molecule has 1 N–H and O–H groups in total. The summed E-state index contributed by atoms with van der Waals surface area (Å²) in [5.41, 5.74) is 3.25. The summed E-state index contributed by atoms with van der Waals surface area (Å²) in [4.78, 5) is 14.1. The van der Waals surface area contributed by atoms with Crippen molar-refractivity contribution in [3.63, 3.8) is 0 Å². The first kappa shape index (κ1) is 17.2. The number of pyridine rings is 1. The van der Waals surface area contributed by atoms with E-state index < -0.39 is 0 Å². The Kier molecular flexibility index (Phi) is 4.47. The molecular weight excluding hydrogens is 368 g/mol. The minimum Gasteiger partial charge on any atom is -0.489 e. The van der Waals surface area contributed by atoms with Crippen molar-refractivity contribution in [1.82, 2.24) is 9.88 Å². The number of thiophene rings is 1. The lowest BCUT2D eigenvalue weighted by atomic mass is 10.1. The van der Waals surface area contributed by atoms with Crippen LogP contribution < -0.4 is 15.6 Å². The zero-order valence-corrected chi connectivity index (χ0v) is 16.2. The van der Waals surface area contributed by atoms with E-state index in [9.17, 15) is 4.79 Å². The van der Waals surface area contributed by atoms with Gasteiger partial charge >= 0.3 is 0 Å². The van der Waals surface area contributed by atoms with Gasteiger partial charge in [0.15, 0.2) is 0 Å². The SMILES string of the molecule is O=c1cc(OCc2ccccc2)ccn1-c1ccc2sc3c(c2c1)CNCC3. The molecule has 0 spiro atoms. The average Bonchev–Trinajstić information content (AvgIpc) is 3.11. The third-order valence-corrected chi connectivity index (χ3v) is 6.38. The number of hydrogen-bond acceptors (Lipinski definition) is 4. The maximum atomic E-state index is 12.7. The first-order valence-corrected chi connectivity index (χ1v) is 10.2. The molecular formula is C23H20N2O2S. The van der Waals surface area contributed by atoms with Crippen molar-refractivity contribution in [2.24, 2.45) is 0 Å². The molecule has 0 saturated carbocycles. The Hall–Kier alpha value is -2.89. The minimum absolute atomic E-state index is 0.0906. The van der Waals surface area contributed by atoms with Crippen molar-refractivity contribution in [3.05, 3.63) is 93.2 Å². The third-order valence-electron chi connectivity index (χ3n) is 5.11. The number of nitrogens with zero attached hydrogens (tertiary/aromatic N) is 1. The van der Waals surface area contributed by atoms with E-state index in [1.165, 1.54) is 20.5 Å². The fraction of sp³-hybridized carbons (Fsp3) is 0.174. The molecule has 1 aliphatic heterocycles. The van der Waals surface area contributed by atoms with Gasteiger partial charge < -0.3 is 10.1 Å². The molecule has 2 aromatic carbocycles. The van der Waals surface area contributed by atoms with Gasteiger partial charge in [-0.1, -0.05) is 30.3 Å². The summed E-state index contributed by atoms with van der Waals surface area (Å²) >= 11 is 1.87. The van der Waals surface area contributed by atoms with Crippen LogP contribution in [0.4, 0.5) is 0 Å². The Morgan fingerprint density at radius 2 is 1.96 bits per heavy atom. The highest BCUT2D eigenvalue weighted by atomic mass is 32.1. The predicted molar refractivity (Wildman–Crippen MR) is 114 cm³/mol. The largest absolute Gasteiger partial charge is 0.489 e. The summed E-state index contributed by atoms with van der Waals surface area (Å²) in [6, 6.07) is 19.6.